The van der Waals surface area contributed by atoms with Gasteiger partial charge in [0.05, 0.1) is 6.10 Å². The number of pyridine rings is 1. The summed E-state index contributed by atoms with van der Waals surface area (Å²) >= 11 is 13.1. The Hall–Kier alpha value is -1.62. The second kappa shape index (κ2) is 8.40. The van der Waals surface area contributed by atoms with Gasteiger partial charge in [0.1, 0.15) is 0 Å². The highest BCUT2D eigenvalue weighted by molar-refractivity contribution is 6.36. The molecule has 2 heterocycles. The van der Waals surface area contributed by atoms with Gasteiger partial charge in [0, 0.05) is 46.5 Å². The Balaban J connectivity index is 1.48. The Morgan fingerprint density at radius 3 is 2.43 bits per heavy atom. The minimum atomic E-state index is -0.208. The lowest BCUT2D eigenvalue weighted by molar-refractivity contribution is -0.133. The van der Waals surface area contributed by atoms with E-state index in [2.05, 4.69) is 4.98 Å². The monoisotopic (exact) mass is 418 g/mol. The first-order valence-corrected chi connectivity index (χ1v) is 10.7. The Labute approximate surface area is 175 Å². The summed E-state index contributed by atoms with van der Waals surface area (Å²) in [7, 11) is 0. The first kappa shape index (κ1) is 19.7. The Morgan fingerprint density at radius 1 is 1.07 bits per heavy atom. The quantitative estimate of drug-likeness (QED) is 0.778. The van der Waals surface area contributed by atoms with E-state index in [1.807, 2.05) is 29.2 Å². The van der Waals surface area contributed by atoms with Crippen LogP contribution in [0.5, 0.6) is 0 Å². The summed E-state index contributed by atoms with van der Waals surface area (Å²) in [5.74, 6) is 0.121. The first-order valence-electron chi connectivity index (χ1n) is 9.90. The molecule has 1 atom stereocenters. The van der Waals surface area contributed by atoms with Gasteiger partial charge >= 0.3 is 0 Å². The molecule has 148 valence electrons. The summed E-state index contributed by atoms with van der Waals surface area (Å²) in [4.78, 5) is 19.1. The topological polar surface area (TPSA) is 53.4 Å². The minimum Gasteiger partial charge on any atom is -0.393 e. The van der Waals surface area contributed by atoms with E-state index in [-0.39, 0.29) is 24.0 Å². The van der Waals surface area contributed by atoms with Crippen molar-refractivity contribution in [1.82, 2.24) is 9.88 Å². The standard InChI is InChI=1S/C22H24Cl2N2O2/c23-20-11-16(15-2-1-8-25-13-15)12-21(24)19(20)10-14-7-9-26(22(14)28)17-3-5-18(27)6-4-17/h1-2,8,11-14,17-18,27H,3-7,9-10H2. The van der Waals surface area contributed by atoms with Crippen molar-refractivity contribution in [1.29, 1.82) is 0 Å². The number of aliphatic hydroxyl groups is 1. The predicted molar refractivity (Wildman–Crippen MR) is 111 cm³/mol. The van der Waals surface area contributed by atoms with Crippen molar-refractivity contribution in [3.05, 3.63) is 52.3 Å². The number of likely N-dealkylation sites (tertiary alicyclic amines) is 1. The largest absolute Gasteiger partial charge is 0.393 e. The van der Waals surface area contributed by atoms with Crippen LogP contribution in [0.4, 0.5) is 0 Å². The maximum absolute atomic E-state index is 13.0. The zero-order valence-electron chi connectivity index (χ0n) is 15.7. The lowest BCUT2D eigenvalue weighted by Gasteiger charge is -2.33. The van der Waals surface area contributed by atoms with Crippen LogP contribution in [0.1, 0.15) is 37.7 Å². The number of nitrogens with zero attached hydrogens (tertiary/aromatic N) is 2. The van der Waals surface area contributed by atoms with E-state index in [4.69, 9.17) is 23.2 Å². The number of aliphatic hydroxyl groups excluding tert-OH is 1. The van der Waals surface area contributed by atoms with Crippen molar-refractivity contribution < 1.29 is 9.90 Å². The van der Waals surface area contributed by atoms with E-state index >= 15 is 0 Å². The lowest BCUT2D eigenvalue weighted by Crippen LogP contribution is -2.41. The van der Waals surface area contributed by atoms with Crippen LogP contribution in [0.25, 0.3) is 11.1 Å². The van der Waals surface area contributed by atoms with Crippen molar-refractivity contribution in [2.45, 2.75) is 50.7 Å². The van der Waals surface area contributed by atoms with Gasteiger partial charge in [0.15, 0.2) is 0 Å². The molecule has 28 heavy (non-hydrogen) atoms. The first-order chi connectivity index (χ1) is 13.5. The molecule has 2 aromatic rings. The highest BCUT2D eigenvalue weighted by Crippen LogP contribution is 2.36. The fourth-order valence-corrected chi connectivity index (χ4v) is 5.07. The van der Waals surface area contributed by atoms with Gasteiger partial charge in [-0.05, 0) is 67.9 Å². The lowest BCUT2D eigenvalue weighted by atomic mass is 9.92. The Kier molecular flexibility index (Phi) is 5.91. The van der Waals surface area contributed by atoms with Gasteiger partial charge < -0.3 is 10.0 Å². The maximum atomic E-state index is 13.0. The molecule has 1 N–H and O–H groups in total. The Morgan fingerprint density at radius 2 is 1.79 bits per heavy atom. The van der Waals surface area contributed by atoms with Crippen molar-refractivity contribution in [3.8, 4) is 11.1 Å². The summed E-state index contributed by atoms with van der Waals surface area (Å²) < 4.78 is 0. The van der Waals surface area contributed by atoms with Crippen molar-refractivity contribution in [2.75, 3.05) is 6.54 Å². The van der Waals surface area contributed by atoms with Crippen LogP contribution in [0.2, 0.25) is 10.0 Å². The summed E-state index contributed by atoms with van der Waals surface area (Å²) in [6.07, 6.45) is 8.04. The molecular formula is C22H24Cl2N2O2. The van der Waals surface area contributed by atoms with Crippen LogP contribution < -0.4 is 0 Å². The smallest absolute Gasteiger partial charge is 0.226 e. The van der Waals surface area contributed by atoms with E-state index in [9.17, 15) is 9.90 Å². The molecule has 4 nitrogen and oxygen atoms in total. The molecule has 4 rings (SSSR count). The van der Waals surface area contributed by atoms with Crippen LogP contribution >= 0.6 is 23.2 Å². The van der Waals surface area contributed by atoms with E-state index in [0.717, 1.165) is 55.3 Å². The number of hydrogen-bond acceptors (Lipinski definition) is 3. The zero-order valence-corrected chi connectivity index (χ0v) is 17.2. The maximum Gasteiger partial charge on any atom is 0.226 e. The molecule has 1 aliphatic heterocycles. The molecule has 2 aliphatic rings. The fraction of sp³-hybridized carbons (Fsp3) is 0.455. The molecule has 2 fully saturated rings. The van der Waals surface area contributed by atoms with Crippen molar-refractivity contribution in [3.63, 3.8) is 0 Å². The normalized spacial score (nSPS) is 25.3. The molecule has 1 saturated carbocycles. The van der Waals surface area contributed by atoms with Gasteiger partial charge in [-0.15, -0.1) is 0 Å². The Bertz CT molecular complexity index is 828. The summed E-state index contributed by atoms with van der Waals surface area (Å²) in [5, 5.41) is 10.9. The third-order valence-electron chi connectivity index (χ3n) is 6.04. The van der Waals surface area contributed by atoms with Gasteiger partial charge in [-0.2, -0.15) is 0 Å². The van der Waals surface area contributed by atoms with Crippen LogP contribution in [-0.4, -0.2) is 39.6 Å². The summed E-state index contributed by atoms with van der Waals surface area (Å²) in [5.41, 5.74) is 2.72. The third-order valence-corrected chi connectivity index (χ3v) is 6.72. The summed E-state index contributed by atoms with van der Waals surface area (Å²) in [6, 6.07) is 7.91. The molecular weight excluding hydrogens is 395 g/mol. The summed E-state index contributed by atoms with van der Waals surface area (Å²) in [6.45, 7) is 0.785. The SMILES string of the molecule is O=C1C(Cc2c(Cl)cc(-c3cccnc3)cc2Cl)CCN1C1CCC(O)CC1. The van der Waals surface area contributed by atoms with Crippen molar-refractivity contribution in [2.24, 2.45) is 5.92 Å². The number of hydrogen-bond donors (Lipinski definition) is 1. The number of carbonyl (C=O) groups is 1. The number of halogens is 2. The number of carbonyl (C=O) groups excluding carboxylic acids is 1. The molecule has 1 aliphatic carbocycles. The molecule has 6 heteroatoms. The molecule has 1 saturated heterocycles. The van der Waals surface area contributed by atoms with Gasteiger partial charge in [0.2, 0.25) is 5.91 Å². The fourth-order valence-electron chi connectivity index (χ4n) is 4.43. The minimum absolute atomic E-state index is 0.0777. The van der Waals surface area contributed by atoms with Crippen LogP contribution in [0, 0.1) is 5.92 Å². The van der Waals surface area contributed by atoms with E-state index < -0.39 is 0 Å². The van der Waals surface area contributed by atoms with Crippen LogP contribution in [0.15, 0.2) is 36.7 Å². The van der Waals surface area contributed by atoms with Gasteiger partial charge in [-0.3, -0.25) is 9.78 Å². The third kappa shape index (κ3) is 4.05. The van der Waals surface area contributed by atoms with E-state index in [1.54, 1.807) is 12.4 Å². The van der Waals surface area contributed by atoms with E-state index in [1.165, 1.54) is 0 Å². The molecule has 1 unspecified atom stereocenters. The number of rotatable bonds is 4. The van der Waals surface area contributed by atoms with Gasteiger partial charge in [0.25, 0.3) is 0 Å². The van der Waals surface area contributed by atoms with Crippen LogP contribution in [0.3, 0.4) is 0 Å². The highest BCUT2D eigenvalue weighted by Gasteiger charge is 2.37. The molecule has 1 amide bonds. The molecule has 1 aromatic heterocycles. The van der Waals surface area contributed by atoms with Gasteiger partial charge in [-0.25, -0.2) is 0 Å². The number of benzene rings is 1. The number of aromatic nitrogens is 1. The van der Waals surface area contributed by atoms with Crippen molar-refractivity contribution >= 4 is 29.1 Å². The number of amides is 1. The molecule has 0 bridgehead atoms. The second-order valence-corrected chi connectivity index (χ2v) is 8.66. The zero-order chi connectivity index (χ0) is 19.7. The van der Waals surface area contributed by atoms with Crippen LogP contribution in [-0.2, 0) is 11.2 Å². The average Bonchev–Trinajstić information content (AvgIpc) is 3.06. The predicted octanol–water partition coefficient (Wildman–Crippen LogP) is 4.75. The second-order valence-electron chi connectivity index (χ2n) is 7.84. The molecule has 1 aromatic carbocycles. The van der Waals surface area contributed by atoms with Gasteiger partial charge in [-0.1, -0.05) is 29.3 Å². The average molecular weight is 419 g/mol. The highest BCUT2D eigenvalue weighted by atomic mass is 35.5. The van der Waals surface area contributed by atoms with E-state index in [0.29, 0.717) is 16.5 Å². The molecule has 0 radical (unpaired) electrons. The molecule has 0 spiro atoms.